The number of nitrogens with one attached hydrogen (secondary N) is 1. The lowest BCUT2D eigenvalue weighted by Gasteiger charge is -2.36. The van der Waals surface area contributed by atoms with Crippen LogP contribution in [0.3, 0.4) is 0 Å². The molecule has 0 unspecified atom stereocenters. The van der Waals surface area contributed by atoms with Crippen LogP contribution in [0.2, 0.25) is 0 Å². The Morgan fingerprint density at radius 2 is 2.27 bits per heavy atom. The first-order valence-corrected chi connectivity index (χ1v) is 5.62. The molecule has 0 aliphatic heterocycles. The highest BCUT2D eigenvalue weighted by atomic mass is 16.3. The summed E-state index contributed by atoms with van der Waals surface area (Å²) in [5, 5.41) is 13.1. The van der Waals surface area contributed by atoms with Gasteiger partial charge in [-0.25, -0.2) is 0 Å². The van der Waals surface area contributed by atoms with Gasteiger partial charge < -0.3 is 10.4 Å². The smallest absolute Gasteiger partial charge is 0.0771 e. The molecule has 2 rings (SSSR count). The molecule has 0 bridgehead atoms. The molecular formula is C12H18N2O. The van der Waals surface area contributed by atoms with Crippen molar-refractivity contribution in [3.63, 3.8) is 0 Å². The van der Waals surface area contributed by atoms with E-state index in [9.17, 15) is 5.11 Å². The summed E-state index contributed by atoms with van der Waals surface area (Å²) in [4.78, 5) is 4.24. The third-order valence-electron chi connectivity index (χ3n) is 3.02. The Morgan fingerprint density at radius 1 is 1.40 bits per heavy atom. The van der Waals surface area contributed by atoms with Crippen molar-refractivity contribution in [3.8, 4) is 0 Å². The van der Waals surface area contributed by atoms with E-state index in [0.29, 0.717) is 0 Å². The first-order chi connectivity index (χ1) is 7.29. The Kier molecular flexibility index (Phi) is 3.34. The number of aliphatic hydroxyl groups is 1. The molecule has 0 atom stereocenters. The largest absolute Gasteiger partial charge is 0.389 e. The number of hydrogen-bond donors (Lipinski definition) is 2. The fourth-order valence-corrected chi connectivity index (χ4v) is 1.85. The van der Waals surface area contributed by atoms with Crippen LogP contribution in [0.4, 0.5) is 0 Å². The van der Waals surface area contributed by atoms with Crippen molar-refractivity contribution in [2.24, 2.45) is 0 Å². The highest BCUT2D eigenvalue weighted by Crippen LogP contribution is 2.30. The van der Waals surface area contributed by atoms with E-state index in [1.54, 1.807) is 0 Å². The Balaban J connectivity index is 1.63. The van der Waals surface area contributed by atoms with Gasteiger partial charge in [0.15, 0.2) is 0 Å². The van der Waals surface area contributed by atoms with Gasteiger partial charge in [-0.3, -0.25) is 4.98 Å². The van der Waals surface area contributed by atoms with Crippen LogP contribution in [-0.2, 0) is 6.42 Å². The second-order valence-electron chi connectivity index (χ2n) is 4.33. The van der Waals surface area contributed by atoms with Gasteiger partial charge in [-0.2, -0.15) is 0 Å². The minimum absolute atomic E-state index is 0.413. The average Bonchev–Trinajstić information content (AvgIpc) is 2.23. The number of rotatable bonds is 5. The summed E-state index contributed by atoms with van der Waals surface area (Å²) < 4.78 is 0. The molecule has 1 aromatic heterocycles. The molecule has 0 aromatic carbocycles. The van der Waals surface area contributed by atoms with Crippen molar-refractivity contribution < 1.29 is 5.11 Å². The van der Waals surface area contributed by atoms with E-state index in [2.05, 4.69) is 10.3 Å². The highest BCUT2D eigenvalue weighted by Gasteiger charge is 2.33. The van der Waals surface area contributed by atoms with Crippen LogP contribution >= 0.6 is 0 Å². The minimum atomic E-state index is -0.413. The fourth-order valence-electron chi connectivity index (χ4n) is 1.85. The monoisotopic (exact) mass is 206 g/mol. The first kappa shape index (κ1) is 10.6. The van der Waals surface area contributed by atoms with E-state index in [-0.39, 0.29) is 0 Å². The third kappa shape index (κ3) is 3.01. The van der Waals surface area contributed by atoms with Crippen LogP contribution in [0.5, 0.6) is 0 Å². The molecule has 15 heavy (non-hydrogen) atoms. The average molecular weight is 206 g/mol. The Morgan fingerprint density at radius 3 is 2.87 bits per heavy atom. The zero-order valence-corrected chi connectivity index (χ0v) is 8.95. The number of aromatic nitrogens is 1. The lowest BCUT2D eigenvalue weighted by molar-refractivity contribution is -0.0310. The molecule has 0 radical (unpaired) electrons. The lowest BCUT2D eigenvalue weighted by atomic mass is 9.80. The van der Waals surface area contributed by atoms with Crippen molar-refractivity contribution in [3.05, 3.63) is 30.1 Å². The fraction of sp³-hybridized carbons (Fsp3) is 0.583. The van der Waals surface area contributed by atoms with Crippen molar-refractivity contribution in [1.82, 2.24) is 10.3 Å². The number of pyridine rings is 1. The molecule has 82 valence electrons. The minimum Gasteiger partial charge on any atom is -0.389 e. The van der Waals surface area contributed by atoms with Gasteiger partial charge in [-0.15, -0.1) is 0 Å². The van der Waals surface area contributed by atoms with E-state index in [1.807, 2.05) is 24.4 Å². The second kappa shape index (κ2) is 4.73. The van der Waals surface area contributed by atoms with Crippen LogP contribution in [0.1, 0.15) is 25.0 Å². The van der Waals surface area contributed by atoms with Crippen molar-refractivity contribution in [1.29, 1.82) is 0 Å². The maximum atomic E-state index is 9.83. The van der Waals surface area contributed by atoms with Gasteiger partial charge in [0.05, 0.1) is 5.60 Å². The van der Waals surface area contributed by atoms with Gasteiger partial charge in [0.2, 0.25) is 0 Å². The van der Waals surface area contributed by atoms with Crippen LogP contribution < -0.4 is 5.32 Å². The molecule has 1 heterocycles. The topological polar surface area (TPSA) is 45.1 Å². The number of nitrogens with zero attached hydrogens (tertiary/aromatic N) is 1. The summed E-state index contributed by atoms with van der Waals surface area (Å²) in [5.74, 6) is 0. The molecule has 3 nitrogen and oxygen atoms in total. The maximum absolute atomic E-state index is 9.83. The maximum Gasteiger partial charge on any atom is 0.0771 e. The van der Waals surface area contributed by atoms with E-state index in [1.165, 1.54) is 6.42 Å². The molecule has 1 fully saturated rings. The summed E-state index contributed by atoms with van der Waals surface area (Å²) >= 11 is 0. The van der Waals surface area contributed by atoms with Gasteiger partial charge in [-0.1, -0.05) is 6.07 Å². The van der Waals surface area contributed by atoms with Crippen LogP contribution in [0.25, 0.3) is 0 Å². The van der Waals surface area contributed by atoms with Gasteiger partial charge in [-0.05, 0) is 31.4 Å². The van der Waals surface area contributed by atoms with Crippen molar-refractivity contribution in [2.75, 3.05) is 13.1 Å². The summed E-state index contributed by atoms with van der Waals surface area (Å²) in [6.07, 6.45) is 5.80. The van der Waals surface area contributed by atoms with Gasteiger partial charge in [0.25, 0.3) is 0 Å². The Hall–Kier alpha value is -0.930. The van der Waals surface area contributed by atoms with E-state index in [4.69, 9.17) is 0 Å². The SMILES string of the molecule is OC1(CNCCc2ccccn2)CCC1. The van der Waals surface area contributed by atoms with Gasteiger partial charge in [0.1, 0.15) is 0 Å². The summed E-state index contributed by atoms with van der Waals surface area (Å²) in [6, 6.07) is 5.95. The van der Waals surface area contributed by atoms with Crippen LogP contribution in [0.15, 0.2) is 24.4 Å². The standard InChI is InChI=1S/C12H18N2O/c15-12(6-3-7-12)10-13-9-5-11-4-1-2-8-14-11/h1-2,4,8,13,15H,3,5-7,9-10H2. The van der Waals surface area contributed by atoms with Crippen LogP contribution in [0, 0.1) is 0 Å². The van der Waals surface area contributed by atoms with Crippen molar-refractivity contribution in [2.45, 2.75) is 31.3 Å². The van der Waals surface area contributed by atoms with Crippen LogP contribution in [-0.4, -0.2) is 28.8 Å². The highest BCUT2D eigenvalue weighted by molar-refractivity contribution is 5.03. The summed E-state index contributed by atoms with van der Waals surface area (Å²) in [7, 11) is 0. The lowest BCUT2D eigenvalue weighted by Crippen LogP contribution is -2.46. The van der Waals surface area contributed by atoms with E-state index < -0.39 is 5.60 Å². The van der Waals surface area contributed by atoms with Gasteiger partial charge in [0, 0.05) is 31.4 Å². The summed E-state index contributed by atoms with van der Waals surface area (Å²) in [5.41, 5.74) is 0.690. The third-order valence-corrected chi connectivity index (χ3v) is 3.02. The van der Waals surface area contributed by atoms with Gasteiger partial charge >= 0.3 is 0 Å². The molecule has 2 N–H and O–H groups in total. The molecule has 0 saturated heterocycles. The Labute approximate surface area is 90.5 Å². The second-order valence-corrected chi connectivity index (χ2v) is 4.33. The molecule has 1 aliphatic rings. The molecule has 1 aromatic rings. The van der Waals surface area contributed by atoms with E-state index >= 15 is 0 Å². The molecular weight excluding hydrogens is 188 g/mol. The van der Waals surface area contributed by atoms with E-state index in [0.717, 1.165) is 38.0 Å². The number of hydrogen-bond acceptors (Lipinski definition) is 3. The normalized spacial score (nSPS) is 18.5. The Bertz CT molecular complexity index is 296. The van der Waals surface area contributed by atoms with Crippen molar-refractivity contribution >= 4 is 0 Å². The summed E-state index contributed by atoms with van der Waals surface area (Å²) in [6.45, 7) is 1.61. The molecule has 1 saturated carbocycles. The predicted octanol–water partition coefficient (Wildman–Crippen LogP) is 1.13. The predicted molar refractivity (Wildman–Crippen MR) is 59.6 cm³/mol. The molecule has 0 spiro atoms. The quantitative estimate of drug-likeness (QED) is 0.710. The molecule has 0 amide bonds. The zero-order chi connectivity index (χ0) is 10.6. The molecule has 3 heteroatoms. The first-order valence-electron chi connectivity index (χ1n) is 5.62. The zero-order valence-electron chi connectivity index (χ0n) is 8.95. The molecule has 1 aliphatic carbocycles.